The zero-order valence-corrected chi connectivity index (χ0v) is 8.79. The summed E-state index contributed by atoms with van der Waals surface area (Å²) in [6, 6.07) is 0. The first-order valence-electron chi connectivity index (χ1n) is 2.15. The fraction of sp³-hybridized carbons (Fsp3) is 1.00. The van der Waals surface area contributed by atoms with Crippen LogP contribution in [-0.4, -0.2) is 17.2 Å². The van der Waals surface area contributed by atoms with Gasteiger partial charge in [-0.15, -0.1) is 37.0 Å². The second-order valence-corrected chi connectivity index (χ2v) is 5.11. The lowest BCUT2D eigenvalue weighted by Gasteiger charge is -2.10. The van der Waals surface area contributed by atoms with Crippen molar-refractivity contribution < 1.29 is 0 Å². The van der Waals surface area contributed by atoms with Crippen LogP contribution in [0.5, 0.6) is 0 Å². The predicted molar refractivity (Wildman–Crippen MR) is 51.3 cm³/mol. The van der Waals surface area contributed by atoms with Crippen molar-refractivity contribution in [1.29, 1.82) is 0 Å². The van der Waals surface area contributed by atoms with E-state index in [4.69, 9.17) is 0 Å². The molecule has 0 heterocycles. The zero-order chi connectivity index (χ0) is 5.86. The fourth-order valence-electron chi connectivity index (χ4n) is 0.157. The summed E-state index contributed by atoms with van der Waals surface area (Å²) in [5.41, 5.74) is 0.708. The van der Waals surface area contributed by atoms with Crippen molar-refractivity contribution in [1.82, 2.24) is 0 Å². The Labute approximate surface area is 54.8 Å². The highest BCUT2D eigenvalue weighted by Gasteiger charge is 2.01. The van der Waals surface area contributed by atoms with Gasteiger partial charge in [-0.1, -0.05) is 0 Å². The first-order chi connectivity index (χ1) is 3.18. The lowest BCUT2D eigenvalue weighted by Crippen LogP contribution is -2.06. The summed E-state index contributed by atoms with van der Waals surface area (Å²) in [6.07, 6.45) is 1.16. The molecule has 44 valence electrons. The molecular formula is C3H12P4. The maximum absolute atomic E-state index is 2.79. The average Bonchev–Trinajstić information content (AvgIpc) is 1.65. The van der Waals surface area contributed by atoms with E-state index in [2.05, 4.69) is 37.0 Å². The van der Waals surface area contributed by atoms with Crippen molar-refractivity contribution in [3.8, 4) is 0 Å². The Bertz CT molecular complexity index is 44.2. The van der Waals surface area contributed by atoms with Crippen molar-refractivity contribution in [3.05, 3.63) is 0 Å². The molecule has 0 spiro atoms. The summed E-state index contributed by atoms with van der Waals surface area (Å²) in [7, 11) is 11.0. The van der Waals surface area contributed by atoms with Crippen molar-refractivity contribution >= 4 is 37.0 Å². The maximum Gasteiger partial charge on any atom is -0.00525 e. The highest BCUT2D eigenvalue weighted by atomic mass is 31.1. The molecule has 0 rings (SSSR count). The minimum absolute atomic E-state index is 0.641. The Kier molecular flexibility index (Phi) is 5.71. The van der Waals surface area contributed by atoms with E-state index >= 15 is 0 Å². The Morgan fingerprint density at radius 1 is 1.14 bits per heavy atom. The summed E-state index contributed by atoms with van der Waals surface area (Å²) < 4.78 is 0. The predicted octanol–water partition coefficient (Wildman–Crippen LogP) is 1.18. The minimum Gasteiger partial charge on any atom is -0.137 e. The van der Waals surface area contributed by atoms with Gasteiger partial charge in [-0.05, 0) is 17.2 Å². The van der Waals surface area contributed by atoms with Crippen LogP contribution in [0.1, 0.15) is 0 Å². The average molecular weight is 172 g/mol. The van der Waals surface area contributed by atoms with Crippen LogP contribution in [0.3, 0.4) is 0 Å². The molecule has 0 radical (unpaired) electrons. The molecule has 0 amide bonds. The van der Waals surface area contributed by atoms with E-state index in [1.807, 2.05) is 0 Å². The van der Waals surface area contributed by atoms with Gasteiger partial charge in [0.15, 0.2) is 0 Å². The Morgan fingerprint density at radius 2 is 1.57 bits per heavy atom. The van der Waals surface area contributed by atoms with E-state index in [1.54, 1.807) is 0 Å². The van der Waals surface area contributed by atoms with Gasteiger partial charge in [0.05, 0.1) is 0 Å². The molecule has 0 fully saturated rings. The van der Waals surface area contributed by atoms with E-state index in [0.717, 1.165) is 6.16 Å². The summed E-state index contributed by atoms with van der Waals surface area (Å²) in [5.74, 6) is 0. The first kappa shape index (κ1) is 8.72. The van der Waals surface area contributed by atoms with Crippen LogP contribution in [0, 0.1) is 0 Å². The smallest absolute Gasteiger partial charge is 0.00525 e. The molecule has 0 aliphatic rings. The summed E-state index contributed by atoms with van der Waals surface area (Å²) in [5, 5.41) is 0.641. The fourth-order valence-corrected chi connectivity index (χ4v) is 1.41. The molecule has 0 aliphatic carbocycles. The second-order valence-electron chi connectivity index (χ2n) is 1.48. The van der Waals surface area contributed by atoms with Gasteiger partial charge in [0, 0.05) is 0 Å². The van der Waals surface area contributed by atoms with E-state index < -0.39 is 0 Å². The zero-order valence-electron chi connectivity index (χ0n) is 4.17. The quantitative estimate of drug-likeness (QED) is 0.548. The van der Waals surface area contributed by atoms with E-state index in [1.165, 1.54) is 0 Å². The Balaban J connectivity index is 3.14. The van der Waals surface area contributed by atoms with Crippen molar-refractivity contribution in [3.63, 3.8) is 0 Å². The van der Waals surface area contributed by atoms with Gasteiger partial charge >= 0.3 is 0 Å². The van der Waals surface area contributed by atoms with Crippen LogP contribution >= 0.6 is 37.0 Å². The molecule has 4 heteroatoms. The van der Waals surface area contributed by atoms with Gasteiger partial charge in [-0.3, -0.25) is 0 Å². The Morgan fingerprint density at radius 3 is 1.57 bits per heavy atom. The van der Waals surface area contributed by atoms with Crippen molar-refractivity contribution in [2.24, 2.45) is 0 Å². The molecule has 0 saturated carbocycles. The third-order valence-electron chi connectivity index (χ3n) is 0.767. The highest BCUT2D eigenvalue weighted by Crippen LogP contribution is 2.21. The monoisotopic (exact) mass is 172 g/mol. The third-order valence-corrected chi connectivity index (χ3v) is 4.45. The summed E-state index contributed by atoms with van der Waals surface area (Å²) in [6.45, 7) is 0. The highest BCUT2D eigenvalue weighted by molar-refractivity contribution is 7.40. The van der Waals surface area contributed by atoms with E-state index in [-0.39, 0.29) is 0 Å². The van der Waals surface area contributed by atoms with Gasteiger partial charge in [0.2, 0.25) is 0 Å². The van der Waals surface area contributed by atoms with Gasteiger partial charge in [-0.2, -0.15) is 0 Å². The SMILES string of the molecule is PCC(P)C(P)P. The molecule has 7 heavy (non-hydrogen) atoms. The Hall–Kier alpha value is 1.72. The molecule has 0 saturated heterocycles. The normalized spacial score (nSPS) is 15.0. The molecule has 5 atom stereocenters. The topological polar surface area (TPSA) is 0 Å². The van der Waals surface area contributed by atoms with E-state index in [0.29, 0.717) is 11.1 Å². The van der Waals surface area contributed by atoms with Crippen LogP contribution in [-0.2, 0) is 0 Å². The molecule has 0 N–H and O–H groups in total. The van der Waals surface area contributed by atoms with Crippen molar-refractivity contribution in [2.75, 3.05) is 6.16 Å². The number of hydrogen-bond acceptors (Lipinski definition) is 0. The molecule has 0 aromatic rings. The molecular weight excluding hydrogens is 160 g/mol. The van der Waals surface area contributed by atoms with Gasteiger partial charge in [-0.25, -0.2) is 0 Å². The summed E-state index contributed by atoms with van der Waals surface area (Å²) in [4.78, 5) is 0. The van der Waals surface area contributed by atoms with Crippen LogP contribution in [0.4, 0.5) is 0 Å². The maximum atomic E-state index is 2.79. The van der Waals surface area contributed by atoms with Crippen molar-refractivity contribution in [2.45, 2.75) is 11.1 Å². The lowest BCUT2D eigenvalue weighted by molar-refractivity contribution is 1.10. The van der Waals surface area contributed by atoms with Gasteiger partial charge < -0.3 is 0 Å². The largest absolute Gasteiger partial charge is 0.137 e. The third kappa shape index (κ3) is 4.24. The van der Waals surface area contributed by atoms with Gasteiger partial charge in [0.1, 0.15) is 0 Å². The second kappa shape index (κ2) is 4.58. The number of hydrogen-bond donors (Lipinski definition) is 0. The number of rotatable bonds is 2. The first-order valence-corrected chi connectivity index (χ1v) is 4.97. The molecule has 5 unspecified atom stereocenters. The van der Waals surface area contributed by atoms with E-state index in [9.17, 15) is 0 Å². The van der Waals surface area contributed by atoms with Crippen LogP contribution in [0.15, 0.2) is 0 Å². The van der Waals surface area contributed by atoms with Crippen LogP contribution in [0.2, 0.25) is 0 Å². The lowest BCUT2D eigenvalue weighted by atomic mass is 10.5. The van der Waals surface area contributed by atoms with Crippen LogP contribution in [0.25, 0.3) is 0 Å². The molecule has 0 nitrogen and oxygen atoms in total. The molecule has 0 bridgehead atoms. The summed E-state index contributed by atoms with van der Waals surface area (Å²) >= 11 is 0. The minimum atomic E-state index is 0.641. The molecule has 0 aromatic heterocycles. The van der Waals surface area contributed by atoms with Gasteiger partial charge in [0.25, 0.3) is 0 Å². The molecule has 0 aliphatic heterocycles. The van der Waals surface area contributed by atoms with Crippen LogP contribution < -0.4 is 0 Å². The standard InChI is InChI=1S/C3H12P4/c4-1-2(5)3(6)7/h2-3H,1,4-7H2. The molecule has 0 aromatic carbocycles.